The number of benzene rings is 3. The molecule has 0 unspecified atom stereocenters. The number of halogens is 1. The molecular formula is C29H34BrN3O5S. The van der Waals surface area contributed by atoms with Crippen molar-refractivity contribution in [3.05, 3.63) is 94.5 Å². The average Bonchev–Trinajstić information content (AvgIpc) is 2.89. The van der Waals surface area contributed by atoms with Crippen molar-refractivity contribution < 1.29 is 22.7 Å². The standard InChI is InChI=1S/C29H34BrN3O5S/c1-21(2)31-29(35)27(18-22-9-6-5-7-10-22)32(19-23-11-8-12-26(17-23)38-3)28(34)20-33(39(4,36)37)25-15-13-24(30)14-16-25/h5-17,21,27H,18-20H2,1-4H3,(H,31,35)/t27-/m0/s1. The van der Waals surface area contributed by atoms with Gasteiger partial charge >= 0.3 is 0 Å². The lowest BCUT2D eigenvalue weighted by Gasteiger charge is -2.34. The Hall–Kier alpha value is -3.37. The summed E-state index contributed by atoms with van der Waals surface area (Å²) in [4.78, 5) is 29.0. The molecule has 0 bridgehead atoms. The van der Waals surface area contributed by atoms with Gasteiger partial charge in [0.2, 0.25) is 21.8 Å². The van der Waals surface area contributed by atoms with Crippen molar-refractivity contribution in [3.63, 3.8) is 0 Å². The highest BCUT2D eigenvalue weighted by molar-refractivity contribution is 9.10. The third-order valence-electron chi connectivity index (χ3n) is 5.98. The molecule has 208 valence electrons. The van der Waals surface area contributed by atoms with Gasteiger partial charge in [-0.1, -0.05) is 58.4 Å². The van der Waals surface area contributed by atoms with Gasteiger partial charge in [-0.2, -0.15) is 0 Å². The third-order valence-corrected chi connectivity index (χ3v) is 7.65. The van der Waals surface area contributed by atoms with E-state index in [9.17, 15) is 18.0 Å². The van der Waals surface area contributed by atoms with Crippen LogP contribution in [-0.2, 0) is 32.6 Å². The van der Waals surface area contributed by atoms with E-state index >= 15 is 0 Å². The van der Waals surface area contributed by atoms with Gasteiger partial charge < -0.3 is 15.0 Å². The van der Waals surface area contributed by atoms with E-state index < -0.39 is 28.5 Å². The predicted octanol–water partition coefficient (Wildman–Crippen LogP) is 4.39. The summed E-state index contributed by atoms with van der Waals surface area (Å²) in [5.74, 6) is -0.218. The van der Waals surface area contributed by atoms with Gasteiger partial charge in [0.1, 0.15) is 18.3 Å². The topological polar surface area (TPSA) is 96.0 Å². The van der Waals surface area contributed by atoms with Crippen LogP contribution in [0, 0.1) is 0 Å². The number of sulfonamides is 1. The van der Waals surface area contributed by atoms with Crippen molar-refractivity contribution in [1.29, 1.82) is 0 Å². The summed E-state index contributed by atoms with van der Waals surface area (Å²) in [5, 5.41) is 2.93. The molecular weight excluding hydrogens is 582 g/mol. The molecule has 0 aliphatic carbocycles. The number of ether oxygens (including phenoxy) is 1. The number of hydrogen-bond acceptors (Lipinski definition) is 5. The number of nitrogens with one attached hydrogen (secondary N) is 1. The maximum absolute atomic E-state index is 14.0. The maximum Gasteiger partial charge on any atom is 0.244 e. The fourth-order valence-electron chi connectivity index (χ4n) is 4.12. The van der Waals surface area contributed by atoms with Crippen molar-refractivity contribution >= 4 is 43.5 Å². The minimum absolute atomic E-state index is 0.0803. The molecule has 0 aliphatic heterocycles. The van der Waals surface area contributed by atoms with Crippen LogP contribution in [0.1, 0.15) is 25.0 Å². The van der Waals surface area contributed by atoms with Crippen LogP contribution in [0.2, 0.25) is 0 Å². The monoisotopic (exact) mass is 615 g/mol. The van der Waals surface area contributed by atoms with Gasteiger partial charge in [-0.3, -0.25) is 13.9 Å². The second-order valence-electron chi connectivity index (χ2n) is 9.49. The van der Waals surface area contributed by atoms with Crippen LogP contribution in [0.3, 0.4) is 0 Å². The summed E-state index contributed by atoms with van der Waals surface area (Å²) in [6, 6.07) is 22.3. The summed E-state index contributed by atoms with van der Waals surface area (Å²) in [5.41, 5.74) is 1.96. The van der Waals surface area contributed by atoms with Crippen molar-refractivity contribution in [2.45, 2.75) is 38.9 Å². The molecule has 0 heterocycles. The molecule has 1 atom stereocenters. The molecule has 0 aromatic heterocycles. The van der Waals surface area contributed by atoms with E-state index in [2.05, 4.69) is 21.2 Å². The molecule has 3 aromatic rings. The lowest BCUT2D eigenvalue weighted by molar-refractivity contribution is -0.140. The predicted molar refractivity (Wildman–Crippen MR) is 157 cm³/mol. The van der Waals surface area contributed by atoms with Gasteiger partial charge in [0, 0.05) is 23.5 Å². The Morgan fingerprint density at radius 3 is 2.18 bits per heavy atom. The quantitative estimate of drug-likeness (QED) is 0.326. The van der Waals surface area contributed by atoms with Gasteiger partial charge in [-0.05, 0) is 61.4 Å². The number of hydrogen-bond donors (Lipinski definition) is 1. The van der Waals surface area contributed by atoms with Crippen molar-refractivity contribution in [2.24, 2.45) is 0 Å². The Kier molecular flexibility index (Phi) is 10.5. The molecule has 0 fully saturated rings. The van der Waals surface area contributed by atoms with E-state index in [0.717, 1.165) is 26.2 Å². The number of carbonyl (C=O) groups excluding carboxylic acids is 2. The molecule has 10 heteroatoms. The Morgan fingerprint density at radius 1 is 0.949 bits per heavy atom. The van der Waals surface area contributed by atoms with Gasteiger partial charge in [0.05, 0.1) is 19.1 Å². The second-order valence-corrected chi connectivity index (χ2v) is 12.3. The van der Waals surface area contributed by atoms with Crippen LogP contribution < -0.4 is 14.4 Å². The number of anilines is 1. The number of carbonyl (C=O) groups is 2. The highest BCUT2D eigenvalue weighted by Gasteiger charge is 2.33. The van der Waals surface area contributed by atoms with Crippen LogP contribution in [0.15, 0.2) is 83.3 Å². The van der Waals surface area contributed by atoms with Crippen LogP contribution in [0.4, 0.5) is 5.69 Å². The zero-order valence-electron chi connectivity index (χ0n) is 22.5. The van der Waals surface area contributed by atoms with E-state index in [0.29, 0.717) is 11.4 Å². The minimum Gasteiger partial charge on any atom is -0.497 e. The first-order valence-corrected chi connectivity index (χ1v) is 15.1. The van der Waals surface area contributed by atoms with E-state index in [4.69, 9.17) is 4.74 Å². The first-order chi connectivity index (χ1) is 18.5. The summed E-state index contributed by atoms with van der Waals surface area (Å²) >= 11 is 3.36. The van der Waals surface area contributed by atoms with E-state index in [1.807, 2.05) is 56.3 Å². The Morgan fingerprint density at radius 2 is 1.59 bits per heavy atom. The third kappa shape index (κ3) is 8.83. The molecule has 2 amide bonds. The summed E-state index contributed by atoms with van der Waals surface area (Å²) in [6.45, 7) is 3.32. The van der Waals surface area contributed by atoms with E-state index in [1.54, 1.807) is 43.5 Å². The zero-order chi connectivity index (χ0) is 28.6. The van der Waals surface area contributed by atoms with Gasteiger partial charge in [0.15, 0.2) is 0 Å². The maximum atomic E-state index is 14.0. The largest absolute Gasteiger partial charge is 0.497 e. The smallest absolute Gasteiger partial charge is 0.244 e. The van der Waals surface area contributed by atoms with Crippen LogP contribution in [-0.4, -0.2) is 57.1 Å². The number of rotatable bonds is 12. The number of nitrogens with zero attached hydrogens (tertiary/aromatic N) is 2. The molecule has 3 aromatic carbocycles. The molecule has 3 rings (SSSR count). The van der Waals surface area contributed by atoms with E-state index in [-0.39, 0.29) is 24.9 Å². The van der Waals surface area contributed by atoms with Crippen LogP contribution in [0.5, 0.6) is 5.75 Å². The lowest BCUT2D eigenvalue weighted by Crippen LogP contribution is -2.54. The van der Waals surface area contributed by atoms with Crippen molar-refractivity contribution in [2.75, 3.05) is 24.2 Å². The summed E-state index contributed by atoms with van der Waals surface area (Å²) in [6.07, 6.45) is 1.31. The SMILES string of the molecule is COc1cccc(CN(C(=O)CN(c2ccc(Br)cc2)S(C)(=O)=O)[C@@H](Cc2ccccc2)C(=O)NC(C)C)c1. The highest BCUT2D eigenvalue weighted by atomic mass is 79.9. The Labute approximate surface area is 239 Å². The van der Waals surface area contributed by atoms with Crippen LogP contribution in [0.25, 0.3) is 0 Å². The Bertz CT molecular complexity index is 1370. The van der Waals surface area contributed by atoms with Gasteiger partial charge in [-0.25, -0.2) is 8.42 Å². The molecule has 1 N–H and O–H groups in total. The summed E-state index contributed by atoms with van der Waals surface area (Å²) in [7, 11) is -2.26. The Balaban J connectivity index is 2.06. The number of methoxy groups -OCH3 is 1. The van der Waals surface area contributed by atoms with Gasteiger partial charge in [0.25, 0.3) is 0 Å². The molecule has 0 saturated heterocycles. The molecule has 0 spiro atoms. The molecule has 0 aliphatic rings. The zero-order valence-corrected chi connectivity index (χ0v) is 24.9. The molecule has 0 saturated carbocycles. The fraction of sp³-hybridized carbons (Fsp3) is 0.310. The van der Waals surface area contributed by atoms with Crippen LogP contribution >= 0.6 is 15.9 Å². The van der Waals surface area contributed by atoms with E-state index in [1.165, 1.54) is 4.90 Å². The van der Waals surface area contributed by atoms with Crippen molar-refractivity contribution in [1.82, 2.24) is 10.2 Å². The molecule has 8 nitrogen and oxygen atoms in total. The highest BCUT2D eigenvalue weighted by Crippen LogP contribution is 2.23. The van der Waals surface area contributed by atoms with Gasteiger partial charge in [-0.15, -0.1) is 0 Å². The average molecular weight is 617 g/mol. The summed E-state index contributed by atoms with van der Waals surface area (Å²) < 4.78 is 32.8. The minimum atomic E-state index is -3.82. The first kappa shape index (κ1) is 30.2. The van der Waals surface area contributed by atoms with Crippen molar-refractivity contribution in [3.8, 4) is 5.75 Å². The second kappa shape index (κ2) is 13.6. The fourth-order valence-corrected chi connectivity index (χ4v) is 5.24. The first-order valence-electron chi connectivity index (χ1n) is 12.5. The molecule has 0 radical (unpaired) electrons. The molecule has 39 heavy (non-hydrogen) atoms. The number of amides is 2. The normalized spacial score (nSPS) is 12.1. The lowest BCUT2D eigenvalue weighted by atomic mass is 10.0.